The minimum Gasteiger partial charge on any atom is -0.364 e. The van der Waals surface area contributed by atoms with Crippen molar-refractivity contribution < 1.29 is 13.6 Å². The van der Waals surface area contributed by atoms with Gasteiger partial charge in [0, 0.05) is 0 Å². The van der Waals surface area contributed by atoms with Crippen LogP contribution in [0.1, 0.15) is 22.6 Å². The molecule has 12 heavy (non-hydrogen) atoms. The molecule has 0 atom stereocenters. The van der Waals surface area contributed by atoms with Crippen molar-refractivity contribution in [3.8, 4) is 0 Å². The lowest BCUT2D eigenvalue weighted by molar-refractivity contribution is 0.0993. The molecule has 2 N–H and O–H groups in total. The molecule has 0 aliphatic rings. The molecular weight excluding hydrogens is 168 g/mol. The number of primary amides is 1. The summed E-state index contributed by atoms with van der Waals surface area (Å²) in [6.45, 7) is 0. The molecular formula is C6H5F2N3O. The minimum atomic E-state index is -2.68. The maximum atomic E-state index is 11.9. The van der Waals surface area contributed by atoms with Gasteiger partial charge in [0.25, 0.3) is 12.3 Å². The third-order valence-corrected chi connectivity index (χ3v) is 1.15. The molecule has 0 aromatic carbocycles. The van der Waals surface area contributed by atoms with Gasteiger partial charge >= 0.3 is 0 Å². The van der Waals surface area contributed by atoms with E-state index in [1.54, 1.807) is 0 Å². The first-order chi connectivity index (χ1) is 5.61. The summed E-state index contributed by atoms with van der Waals surface area (Å²) in [7, 11) is 0. The number of halogens is 2. The van der Waals surface area contributed by atoms with Gasteiger partial charge in [-0.05, 0) is 0 Å². The van der Waals surface area contributed by atoms with Crippen LogP contribution in [0.5, 0.6) is 0 Å². The van der Waals surface area contributed by atoms with Crippen molar-refractivity contribution in [1.82, 2.24) is 9.97 Å². The molecule has 1 heterocycles. The Bertz CT molecular complexity index is 285. The molecule has 0 saturated heterocycles. The van der Waals surface area contributed by atoms with Gasteiger partial charge in [-0.15, -0.1) is 0 Å². The first-order valence-electron chi connectivity index (χ1n) is 3.01. The van der Waals surface area contributed by atoms with E-state index in [2.05, 4.69) is 9.97 Å². The van der Waals surface area contributed by atoms with Crippen LogP contribution >= 0.6 is 0 Å². The number of hydrogen-bond donors (Lipinski definition) is 1. The fourth-order valence-electron chi connectivity index (χ4n) is 0.578. The maximum Gasteiger partial charge on any atom is 0.281 e. The van der Waals surface area contributed by atoms with Gasteiger partial charge in [0.15, 0.2) is 0 Å². The van der Waals surface area contributed by atoms with Crippen LogP contribution in [0.2, 0.25) is 0 Å². The van der Waals surface area contributed by atoms with E-state index in [1.807, 2.05) is 0 Å². The summed E-state index contributed by atoms with van der Waals surface area (Å²) in [6, 6.07) is 0. The fourth-order valence-corrected chi connectivity index (χ4v) is 0.578. The molecule has 0 radical (unpaired) electrons. The Labute approximate surface area is 66.4 Å². The summed E-state index contributed by atoms with van der Waals surface area (Å²) in [5.41, 5.74) is 4.21. The normalized spacial score (nSPS) is 10.2. The lowest BCUT2D eigenvalue weighted by Gasteiger charge is -1.97. The Morgan fingerprint density at radius 1 is 1.42 bits per heavy atom. The van der Waals surface area contributed by atoms with E-state index < -0.39 is 18.0 Å². The molecule has 0 spiro atoms. The molecule has 0 bridgehead atoms. The molecule has 6 heteroatoms. The van der Waals surface area contributed by atoms with Gasteiger partial charge in [0.05, 0.1) is 12.4 Å². The van der Waals surface area contributed by atoms with Crippen molar-refractivity contribution in [1.29, 1.82) is 0 Å². The minimum absolute atomic E-state index is 0.126. The third-order valence-electron chi connectivity index (χ3n) is 1.15. The predicted molar refractivity (Wildman–Crippen MR) is 35.5 cm³/mol. The summed E-state index contributed by atoms with van der Waals surface area (Å²) in [5, 5.41) is 0. The summed E-state index contributed by atoms with van der Waals surface area (Å²) >= 11 is 0. The smallest absolute Gasteiger partial charge is 0.281 e. The Hall–Kier alpha value is -1.59. The first-order valence-corrected chi connectivity index (χ1v) is 3.01. The number of rotatable bonds is 2. The van der Waals surface area contributed by atoms with Gasteiger partial charge < -0.3 is 5.73 Å². The number of alkyl halides is 2. The predicted octanol–water partition coefficient (Wildman–Crippen LogP) is 0.513. The summed E-state index contributed by atoms with van der Waals surface area (Å²) in [6.07, 6.45) is -0.936. The van der Waals surface area contributed by atoms with Crippen molar-refractivity contribution in [2.75, 3.05) is 0 Å². The zero-order valence-corrected chi connectivity index (χ0v) is 5.87. The molecule has 0 aliphatic heterocycles. The Kier molecular flexibility index (Phi) is 2.27. The highest BCUT2D eigenvalue weighted by atomic mass is 19.3. The second-order valence-corrected chi connectivity index (χ2v) is 1.99. The van der Waals surface area contributed by atoms with Crippen LogP contribution in [0.15, 0.2) is 12.4 Å². The number of hydrogen-bond acceptors (Lipinski definition) is 3. The Morgan fingerprint density at radius 2 is 2.08 bits per heavy atom. The van der Waals surface area contributed by atoms with Crippen molar-refractivity contribution in [2.24, 2.45) is 5.73 Å². The first kappa shape index (κ1) is 8.51. The van der Waals surface area contributed by atoms with Crippen molar-refractivity contribution in [2.45, 2.75) is 6.43 Å². The van der Waals surface area contributed by atoms with Gasteiger partial charge in [0.1, 0.15) is 11.4 Å². The Morgan fingerprint density at radius 3 is 2.42 bits per heavy atom. The number of carbonyl (C=O) groups excluding carboxylic acids is 1. The van der Waals surface area contributed by atoms with Crippen LogP contribution < -0.4 is 5.73 Å². The second kappa shape index (κ2) is 3.21. The van der Waals surface area contributed by atoms with Crippen LogP contribution in [0.3, 0.4) is 0 Å². The largest absolute Gasteiger partial charge is 0.364 e. The molecule has 1 aromatic rings. The molecule has 1 amide bonds. The van der Waals surface area contributed by atoms with E-state index in [0.717, 1.165) is 12.4 Å². The fraction of sp³-hybridized carbons (Fsp3) is 0.167. The zero-order chi connectivity index (χ0) is 9.14. The van der Waals surface area contributed by atoms with Gasteiger partial charge in [-0.1, -0.05) is 0 Å². The molecule has 0 unspecified atom stereocenters. The van der Waals surface area contributed by atoms with Crippen LogP contribution in [-0.4, -0.2) is 15.9 Å². The molecule has 0 aliphatic carbocycles. The summed E-state index contributed by atoms with van der Waals surface area (Å²) in [4.78, 5) is 17.1. The van der Waals surface area contributed by atoms with E-state index in [-0.39, 0.29) is 5.69 Å². The summed E-state index contributed by atoms with van der Waals surface area (Å²) < 4.78 is 23.8. The zero-order valence-electron chi connectivity index (χ0n) is 5.87. The third kappa shape index (κ3) is 1.71. The van der Waals surface area contributed by atoms with E-state index >= 15 is 0 Å². The molecule has 1 aromatic heterocycles. The molecule has 0 saturated carbocycles. The second-order valence-electron chi connectivity index (χ2n) is 1.99. The van der Waals surface area contributed by atoms with Crippen molar-refractivity contribution >= 4 is 5.91 Å². The molecule has 4 nitrogen and oxygen atoms in total. The van der Waals surface area contributed by atoms with E-state index in [4.69, 9.17) is 5.73 Å². The number of carbonyl (C=O) groups is 1. The highest BCUT2D eigenvalue weighted by Gasteiger charge is 2.10. The van der Waals surface area contributed by atoms with Crippen molar-refractivity contribution in [3.05, 3.63) is 23.8 Å². The lowest BCUT2D eigenvalue weighted by Crippen LogP contribution is -2.13. The standard InChI is InChI=1S/C6H5F2N3O/c7-5(8)3-1-11-4(2-10-3)6(9)12/h1-2,5H,(H2,9,12). The van der Waals surface area contributed by atoms with Crippen LogP contribution in [0.25, 0.3) is 0 Å². The average Bonchev–Trinajstić information content (AvgIpc) is 2.04. The monoisotopic (exact) mass is 173 g/mol. The van der Waals surface area contributed by atoms with E-state index in [0.29, 0.717) is 0 Å². The summed E-state index contributed by atoms with van der Waals surface area (Å²) in [5.74, 6) is -0.789. The number of amides is 1. The number of aromatic nitrogens is 2. The topological polar surface area (TPSA) is 68.9 Å². The van der Waals surface area contributed by atoms with Crippen molar-refractivity contribution in [3.63, 3.8) is 0 Å². The molecule has 64 valence electrons. The Balaban J connectivity index is 2.93. The quantitative estimate of drug-likeness (QED) is 0.708. The average molecular weight is 173 g/mol. The SMILES string of the molecule is NC(=O)c1cnc(C(F)F)cn1. The van der Waals surface area contributed by atoms with Crippen LogP contribution in [0.4, 0.5) is 8.78 Å². The van der Waals surface area contributed by atoms with Crippen LogP contribution in [0, 0.1) is 0 Å². The maximum absolute atomic E-state index is 11.9. The molecule has 1 rings (SSSR count). The highest BCUT2D eigenvalue weighted by molar-refractivity contribution is 5.90. The van der Waals surface area contributed by atoms with Gasteiger partial charge in [-0.2, -0.15) is 0 Å². The van der Waals surface area contributed by atoms with E-state index in [9.17, 15) is 13.6 Å². The van der Waals surface area contributed by atoms with Gasteiger partial charge in [0.2, 0.25) is 0 Å². The number of nitrogens with zero attached hydrogens (tertiary/aromatic N) is 2. The van der Waals surface area contributed by atoms with Gasteiger partial charge in [-0.3, -0.25) is 9.78 Å². The molecule has 0 fully saturated rings. The van der Waals surface area contributed by atoms with Gasteiger partial charge in [-0.25, -0.2) is 13.8 Å². The lowest BCUT2D eigenvalue weighted by atomic mass is 10.4. The van der Waals surface area contributed by atoms with Crippen LogP contribution in [-0.2, 0) is 0 Å². The van der Waals surface area contributed by atoms with E-state index in [1.165, 1.54) is 0 Å². The highest BCUT2D eigenvalue weighted by Crippen LogP contribution is 2.13. The number of nitrogens with two attached hydrogens (primary N) is 1.